The van der Waals surface area contributed by atoms with Crippen molar-refractivity contribution in [3.05, 3.63) is 72.4 Å². The van der Waals surface area contributed by atoms with E-state index >= 15 is 0 Å². The van der Waals surface area contributed by atoms with Gasteiger partial charge in [0.05, 0.1) is 11.4 Å². The molecule has 0 unspecified atom stereocenters. The second kappa shape index (κ2) is 6.15. The van der Waals surface area contributed by atoms with E-state index in [-0.39, 0.29) is 11.7 Å². The molecule has 3 rings (SSSR count). The fraction of sp³-hybridized carbons (Fsp3) is 0. The van der Waals surface area contributed by atoms with Crippen molar-refractivity contribution in [1.82, 2.24) is 9.78 Å². The van der Waals surface area contributed by atoms with Crippen molar-refractivity contribution in [3.8, 4) is 16.9 Å². The highest BCUT2D eigenvalue weighted by Crippen LogP contribution is 2.24. The monoisotopic (exact) mass is 305 g/mol. The van der Waals surface area contributed by atoms with Crippen LogP contribution in [0.15, 0.2) is 71.7 Å². The Morgan fingerprint density at radius 3 is 2.17 bits per heavy atom. The molecule has 0 aliphatic heterocycles. The average Bonchev–Trinajstić information content (AvgIpc) is 3.01. The van der Waals surface area contributed by atoms with Gasteiger partial charge in [0.2, 0.25) is 0 Å². The number of nitrogens with two attached hydrogens (primary N) is 2. The summed E-state index contributed by atoms with van der Waals surface area (Å²) in [5.41, 5.74) is 13.3. The van der Waals surface area contributed by atoms with E-state index in [0.717, 1.165) is 16.9 Å². The van der Waals surface area contributed by atoms with Crippen LogP contribution >= 0.6 is 0 Å². The third-order valence-electron chi connectivity index (χ3n) is 3.23. The first-order valence-corrected chi connectivity index (χ1v) is 7.00. The number of benzene rings is 2. The summed E-state index contributed by atoms with van der Waals surface area (Å²) in [6, 6.07) is 20.9. The second-order valence-corrected chi connectivity index (χ2v) is 4.87. The fourth-order valence-corrected chi connectivity index (χ4v) is 2.24. The third kappa shape index (κ3) is 3.11. The first-order valence-electron chi connectivity index (χ1n) is 7.00. The maximum absolute atomic E-state index is 12.1. The molecular formula is C17H15N5O. The van der Waals surface area contributed by atoms with Crippen LogP contribution < -0.4 is 11.5 Å². The number of aromatic nitrogens is 2. The summed E-state index contributed by atoms with van der Waals surface area (Å²) in [5, 5.41) is 4.36. The Kier molecular flexibility index (Phi) is 3.88. The molecule has 0 radical (unpaired) electrons. The molecule has 6 heteroatoms. The minimum atomic E-state index is -0.572. The number of nitrogens with zero attached hydrogens (tertiary/aromatic N) is 3. The van der Waals surface area contributed by atoms with Crippen LogP contribution in [-0.2, 0) is 0 Å². The fourth-order valence-electron chi connectivity index (χ4n) is 2.24. The van der Waals surface area contributed by atoms with E-state index in [2.05, 4.69) is 10.1 Å². The van der Waals surface area contributed by atoms with Gasteiger partial charge in [0.15, 0.2) is 11.7 Å². The summed E-state index contributed by atoms with van der Waals surface area (Å²) >= 11 is 0. The molecule has 3 aromatic rings. The van der Waals surface area contributed by atoms with Gasteiger partial charge in [-0.2, -0.15) is 10.1 Å². The molecule has 4 N–H and O–H groups in total. The average molecular weight is 305 g/mol. The van der Waals surface area contributed by atoms with Gasteiger partial charge >= 0.3 is 5.91 Å². The Balaban J connectivity index is 2.15. The van der Waals surface area contributed by atoms with Crippen molar-refractivity contribution >= 4 is 11.9 Å². The maximum atomic E-state index is 12.1. The van der Waals surface area contributed by atoms with E-state index in [1.165, 1.54) is 0 Å². The van der Waals surface area contributed by atoms with E-state index in [9.17, 15) is 4.79 Å². The summed E-state index contributed by atoms with van der Waals surface area (Å²) in [6.07, 6.45) is 0. The normalized spacial score (nSPS) is 10.3. The minimum absolute atomic E-state index is 0.182. The van der Waals surface area contributed by atoms with Crippen LogP contribution in [-0.4, -0.2) is 21.6 Å². The van der Waals surface area contributed by atoms with Gasteiger partial charge in [-0.05, 0) is 18.2 Å². The Hall–Kier alpha value is -3.41. The zero-order valence-electron chi connectivity index (χ0n) is 12.3. The van der Waals surface area contributed by atoms with Crippen LogP contribution in [0, 0.1) is 0 Å². The van der Waals surface area contributed by atoms with Gasteiger partial charge in [-0.25, -0.2) is 4.68 Å². The highest BCUT2D eigenvalue weighted by Gasteiger charge is 2.16. The molecule has 0 aliphatic carbocycles. The minimum Gasteiger partial charge on any atom is -0.370 e. The quantitative estimate of drug-likeness (QED) is 0.570. The van der Waals surface area contributed by atoms with E-state index < -0.39 is 5.91 Å². The molecule has 0 fully saturated rings. The highest BCUT2D eigenvalue weighted by atomic mass is 16.1. The summed E-state index contributed by atoms with van der Waals surface area (Å²) in [7, 11) is 0. The molecular weight excluding hydrogens is 290 g/mol. The lowest BCUT2D eigenvalue weighted by atomic mass is 10.1. The summed E-state index contributed by atoms with van der Waals surface area (Å²) in [6.45, 7) is 0. The van der Waals surface area contributed by atoms with Gasteiger partial charge in [-0.1, -0.05) is 48.5 Å². The van der Waals surface area contributed by atoms with Crippen molar-refractivity contribution in [2.24, 2.45) is 16.5 Å². The van der Waals surface area contributed by atoms with Crippen molar-refractivity contribution < 1.29 is 4.79 Å². The number of para-hydroxylation sites is 1. The molecule has 0 saturated heterocycles. The first-order chi connectivity index (χ1) is 11.1. The summed E-state index contributed by atoms with van der Waals surface area (Å²) in [4.78, 5) is 15.6. The van der Waals surface area contributed by atoms with Crippen molar-refractivity contribution in [2.75, 3.05) is 0 Å². The molecule has 0 bridgehead atoms. The number of carbonyl (C=O) groups excluding carboxylic acids is 1. The highest BCUT2D eigenvalue weighted by molar-refractivity contribution is 6.01. The number of aliphatic imine (C=N–C) groups is 1. The van der Waals surface area contributed by atoms with Gasteiger partial charge in [0.1, 0.15) is 0 Å². The van der Waals surface area contributed by atoms with Crippen molar-refractivity contribution in [1.29, 1.82) is 0 Å². The maximum Gasteiger partial charge on any atom is 0.300 e. The lowest BCUT2D eigenvalue weighted by Gasteiger charge is -2.07. The summed E-state index contributed by atoms with van der Waals surface area (Å²) < 4.78 is 1.70. The molecule has 6 nitrogen and oxygen atoms in total. The predicted octanol–water partition coefficient (Wildman–Crippen LogP) is 1.95. The number of rotatable bonds is 3. The van der Waals surface area contributed by atoms with Crippen molar-refractivity contribution in [3.63, 3.8) is 0 Å². The van der Waals surface area contributed by atoms with Gasteiger partial charge < -0.3 is 11.5 Å². The Morgan fingerprint density at radius 1 is 0.957 bits per heavy atom. The molecule has 1 aromatic heterocycles. The summed E-state index contributed by atoms with van der Waals surface area (Å²) in [5.74, 6) is -0.859. The smallest absolute Gasteiger partial charge is 0.300 e. The number of hydrogen-bond donors (Lipinski definition) is 2. The van der Waals surface area contributed by atoms with E-state index in [1.54, 1.807) is 10.7 Å². The Bertz CT molecular complexity index is 792. The van der Waals surface area contributed by atoms with Gasteiger partial charge in [0.25, 0.3) is 0 Å². The zero-order chi connectivity index (χ0) is 16.2. The lowest BCUT2D eigenvalue weighted by molar-refractivity contribution is 0.0997. The Morgan fingerprint density at radius 2 is 1.57 bits per heavy atom. The molecule has 1 heterocycles. The molecule has 0 spiro atoms. The van der Waals surface area contributed by atoms with Crippen LogP contribution in [0.2, 0.25) is 0 Å². The van der Waals surface area contributed by atoms with E-state index in [1.807, 2.05) is 60.7 Å². The molecule has 2 aromatic carbocycles. The second-order valence-electron chi connectivity index (χ2n) is 4.87. The molecule has 0 aliphatic rings. The zero-order valence-corrected chi connectivity index (χ0v) is 12.3. The van der Waals surface area contributed by atoms with Crippen LogP contribution in [0.25, 0.3) is 16.9 Å². The standard InChI is InChI=1S/C17H15N5O/c18-17(19)20-16(23)14-11-15(12-7-3-1-4-8-12)22(21-14)13-9-5-2-6-10-13/h1-11H,(H4,18,19,20,23). The molecule has 1 amide bonds. The van der Waals surface area contributed by atoms with Crippen LogP contribution in [0.1, 0.15) is 10.5 Å². The number of hydrogen-bond acceptors (Lipinski definition) is 2. The van der Waals surface area contributed by atoms with Crippen LogP contribution in [0.4, 0.5) is 0 Å². The van der Waals surface area contributed by atoms with E-state index in [0.29, 0.717) is 0 Å². The largest absolute Gasteiger partial charge is 0.370 e. The molecule has 0 saturated carbocycles. The van der Waals surface area contributed by atoms with Gasteiger partial charge in [-0.15, -0.1) is 0 Å². The number of carbonyl (C=O) groups is 1. The SMILES string of the molecule is NC(N)=NC(=O)c1cc(-c2ccccc2)n(-c2ccccc2)n1. The van der Waals surface area contributed by atoms with Crippen LogP contribution in [0.3, 0.4) is 0 Å². The number of amides is 1. The van der Waals surface area contributed by atoms with Crippen LogP contribution in [0.5, 0.6) is 0 Å². The topological polar surface area (TPSA) is 99.3 Å². The van der Waals surface area contributed by atoms with Gasteiger partial charge in [0, 0.05) is 5.56 Å². The molecule has 0 atom stereocenters. The number of guanidine groups is 1. The van der Waals surface area contributed by atoms with Gasteiger partial charge in [-0.3, -0.25) is 4.79 Å². The Labute approximate surface area is 133 Å². The third-order valence-corrected chi connectivity index (χ3v) is 3.23. The first kappa shape index (κ1) is 14.5. The molecule has 23 heavy (non-hydrogen) atoms. The van der Waals surface area contributed by atoms with Crippen molar-refractivity contribution in [2.45, 2.75) is 0 Å². The molecule has 114 valence electrons. The lowest BCUT2D eigenvalue weighted by Crippen LogP contribution is -2.24. The van der Waals surface area contributed by atoms with E-state index in [4.69, 9.17) is 11.5 Å². The predicted molar refractivity (Wildman–Crippen MR) is 89.1 cm³/mol.